The predicted octanol–water partition coefficient (Wildman–Crippen LogP) is 14.7. The van der Waals surface area contributed by atoms with Crippen LogP contribution in [0.15, 0.2) is 243 Å². The summed E-state index contributed by atoms with van der Waals surface area (Å²) in [7, 11) is 0. The molecule has 4 aromatic heterocycles. The molecule has 7 nitrogen and oxygen atoms in total. The van der Waals surface area contributed by atoms with Gasteiger partial charge in [-0.05, 0) is 97.1 Å². The van der Waals surface area contributed by atoms with Gasteiger partial charge in [0.25, 0.3) is 0 Å². The molecule has 6 aromatic carbocycles. The molecule has 0 radical (unpaired) electrons. The fraction of sp³-hybridized carbons (Fsp3) is 0. The highest BCUT2D eigenvalue weighted by atomic mass is 16.5. The number of anilines is 6. The average molecular weight is 813 g/mol. The van der Waals surface area contributed by atoms with E-state index in [1.165, 1.54) is 0 Å². The quantitative estimate of drug-likeness (QED) is 0.122. The molecule has 0 N–H and O–H groups in total. The molecule has 7 heteroatoms. The van der Waals surface area contributed by atoms with Crippen LogP contribution in [0, 0.1) is 0 Å². The van der Waals surface area contributed by atoms with Gasteiger partial charge in [0.05, 0.1) is 33.9 Å². The van der Waals surface area contributed by atoms with E-state index in [2.05, 4.69) is 58.3 Å². The molecule has 0 bridgehead atoms. The summed E-state index contributed by atoms with van der Waals surface area (Å²) in [4.78, 5) is 25.3. The first-order chi connectivity index (χ1) is 31.2. The van der Waals surface area contributed by atoms with Crippen molar-refractivity contribution in [3.05, 3.63) is 243 Å². The van der Waals surface area contributed by atoms with Gasteiger partial charge in [0.1, 0.15) is 11.6 Å². The second-order valence-electron chi connectivity index (χ2n) is 14.7. The largest absolute Gasteiger partial charge is 0.419 e. The Morgan fingerprint density at radius 1 is 0.254 bits per heavy atom. The van der Waals surface area contributed by atoms with E-state index in [0.717, 1.165) is 56.9 Å². The van der Waals surface area contributed by atoms with Gasteiger partial charge in [-0.15, -0.1) is 0 Å². The number of hydrogen-bond donors (Lipinski definition) is 0. The van der Waals surface area contributed by atoms with E-state index in [-0.39, 0.29) is 0 Å². The summed E-state index contributed by atoms with van der Waals surface area (Å²) in [6.45, 7) is 0. The van der Waals surface area contributed by atoms with Crippen molar-refractivity contribution in [3.63, 3.8) is 0 Å². The van der Waals surface area contributed by atoms with E-state index in [4.69, 9.17) is 24.7 Å². The highest BCUT2D eigenvalue weighted by molar-refractivity contribution is 5.80. The fourth-order valence-corrected chi connectivity index (χ4v) is 7.59. The van der Waals surface area contributed by atoms with Crippen LogP contribution >= 0.6 is 0 Å². The van der Waals surface area contributed by atoms with Crippen molar-refractivity contribution in [2.75, 3.05) is 9.80 Å². The minimum atomic E-state index is 0.359. The third kappa shape index (κ3) is 8.40. The standard InChI is InChI=1S/C56H40N6O/c1-7-21-41(22-8-1)49-39-37-47(51-33-19-35-53(57-51)61(43-25-11-3-12-26-43)44-27-13-4-14-28-44)55(59-49)63-56-48(38-40-50(60-56)42-23-9-2-10-24-42)52-34-20-36-54(58-52)62(45-29-15-5-16-30-45)46-31-17-6-18-32-46/h1-40H. The summed E-state index contributed by atoms with van der Waals surface area (Å²) >= 11 is 0. The van der Waals surface area contributed by atoms with Gasteiger partial charge in [-0.2, -0.15) is 0 Å². The lowest BCUT2D eigenvalue weighted by molar-refractivity contribution is 0.449. The van der Waals surface area contributed by atoms with Crippen LogP contribution < -0.4 is 14.5 Å². The molecule has 0 aliphatic carbocycles. The van der Waals surface area contributed by atoms with Crippen LogP contribution in [0.2, 0.25) is 0 Å². The van der Waals surface area contributed by atoms with E-state index in [9.17, 15) is 0 Å². The van der Waals surface area contributed by atoms with Crippen molar-refractivity contribution in [1.82, 2.24) is 19.9 Å². The summed E-state index contributed by atoms with van der Waals surface area (Å²) in [5.74, 6) is 2.21. The van der Waals surface area contributed by atoms with Crippen molar-refractivity contribution < 1.29 is 4.74 Å². The first kappa shape index (κ1) is 38.5. The van der Waals surface area contributed by atoms with Crippen molar-refractivity contribution in [3.8, 4) is 56.8 Å². The smallest absolute Gasteiger partial charge is 0.231 e. The number of aromatic nitrogens is 4. The summed E-state index contributed by atoms with van der Waals surface area (Å²) < 4.78 is 7.08. The topological polar surface area (TPSA) is 67.3 Å². The lowest BCUT2D eigenvalue weighted by Gasteiger charge is -2.25. The summed E-state index contributed by atoms with van der Waals surface area (Å²) in [5.41, 5.74) is 10.2. The molecule has 0 spiro atoms. The van der Waals surface area contributed by atoms with Gasteiger partial charge in [-0.1, -0.05) is 146 Å². The zero-order valence-electron chi connectivity index (χ0n) is 34.2. The Hall–Kier alpha value is -8.68. The Labute approximate surface area is 366 Å². The molecule has 0 saturated heterocycles. The van der Waals surface area contributed by atoms with Gasteiger partial charge in [0.15, 0.2) is 0 Å². The van der Waals surface area contributed by atoms with Gasteiger partial charge in [-0.3, -0.25) is 9.80 Å². The van der Waals surface area contributed by atoms with E-state index in [1.807, 2.05) is 194 Å². The van der Waals surface area contributed by atoms with Crippen LogP contribution in [0.1, 0.15) is 0 Å². The highest BCUT2D eigenvalue weighted by Crippen LogP contribution is 2.41. The first-order valence-electron chi connectivity index (χ1n) is 20.8. The Bertz CT molecular complexity index is 2790. The highest BCUT2D eigenvalue weighted by Gasteiger charge is 2.22. The van der Waals surface area contributed by atoms with Gasteiger partial charge in [0.2, 0.25) is 11.8 Å². The number of pyridine rings is 4. The molecular formula is C56H40N6O. The van der Waals surface area contributed by atoms with Crippen LogP contribution in [0.3, 0.4) is 0 Å². The Morgan fingerprint density at radius 2 is 0.571 bits per heavy atom. The number of para-hydroxylation sites is 4. The molecule has 10 rings (SSSR count). The molecule has 0 atom stereocenters. The third-order valence-electron chi connectivity index (χ3n) is 10.6. The molecule has 0 unspecified atom stereocenters. The normalized spacial score (nSPS) is 10.9. The van der Waals surface area contributed by atoms with Crippen molar-refractivity contribution in [2.45, 2.75) is 0 Å². The second kappa shape index (κ2) is 17.9. The maximum absolute atomic E-state index is 7.08. The SMILES string of the molecule is c1ccc(-c2ccc(-c3cccc(N(c4ccccc4)c4ccccc4)n3)c(Oc3nc(-c4ccccc4)ccc3-c3cccc(N(c4ccccc4)c4ccccc4)n3)n2)cc1. The molecule has 0 fully saturated rings. The van der Waals surface area contributed by atoms with E-state index in [0.29, 0.717) is 34.3 Å². The molecule has 10 aromatic rings. The van der Waals surface area contributed by atoms with E-state index in [1.54, 1.807) is 0 Å². The molecule has 63 heavy (non-hydrogen) atoms. The number of rotatable bonds is 12. The number of nitrogens with zero attached hydrogens (tertiary/aromatic N) is 6. The minimum Gasteiger partial charge on any atom is -0.419 e. The zero-order chi connectivity index (χ0) is 42.2. The van der Waals surface area contributed by atoms with Crippen LogP contribution in [0.5, 0.6) is 11.8 Å². The van der Waals surface area contributed by atoms with Gasteiger partial charge >= 0.3 is 0 Å². The van der Waals surface area contributed by atoms with Crippen LogP contribution in [0.25, 0.3) is 45.0 Å². The van der Waals surface area contributed by atoms with E-state index >= 15 is 0 Å². The number of ether oxygens (including phenoxy) is 1. The Kier molecular flexibility index (Phi) is 10.9. The average Bonchev–Trinajstić information content (AvgIpc) is 3.36. The molecular weight excluding hydrogens is 773 g/mol. The Balaban J connectivity index is 1.13. The van der Waals surface area contributed by atoms with Gasteiger partial charge < -0.3 is 4.74 Å². The molecule has 0 aliphatic heterocycles. The molecule has 0 amide bonds. The second-order valence-corrected chi connectivity index (χ2v) is 14.7. The maximum atomic E-state index is 7.08. The fourth-order valence-electron chi connectivity index (χ4n) is 7.59. The lowest BCUT2D eigenvalue weighted by Crippen LogP contribution is -2.12. The summed E-state index contributed by atoms with van der Waals surface area (Å²) in [6.07, 6.45) is 0. The van der Waals surface area contributed by atoms with Crippen molar-refractivity contribution in [2.24, 2.45) is 0 Å². The van der Waals surface area contributed by atoms with Crippen molar-refractivity contribution >= 4 is 34.4 Å². The van der Waals surface area contributed by atoms with Crippen LogP contribution in [0.4, 0.5) is 34.4 Å². The number of hydrogen-bond acceptors (Lipinski definition) is 7. The molecule has 4 heterocycles. The lowest BCUT2D eigenvalue weighted by atomic mass is 10.1. The third-order valence-corrected chi connectivity index (χ3v) is 10.6. The van der Waals surface area contributed by atoms with Gasteiger partial charge in [0, 0.05) is 33.9 Å². The van der Waals surface area contributed by atoms with E-state index < -0.39 is 0 Å². The summed E-state index contributed by atoms with van der Waals surface area (Å²) in [5, 5.41) is 0. The minimum absolute atomic E-state index is 0.359. The summed E-state index contributed by atoms with van der Waals surface area (Å²) in [6, 6.07) is 81.4. The van der Waals surface area contributed by atoms with Crippen molar-refractivity contribution in [1.29, 1.82) is 0 Å². The Morgan fingerprint density at radius 3 is 0.905 bits per heavy atom. The van der Waals surface area contributed by atoms with Crippen LogP contribution in [-0.4, -0.2) is 19.9 Å². The maximum Gasteiger partial charge on any atom is 0.231 e. The molecule has 0 saturated carbocycles. The zero-order valence-corrected chi connectivity index (χ0v) is 34.2. The van der Waals surface area contributed by atoms with Gasteiger partial charge in [-0.25, -0.2) is 19.9 Å². The van der Waals surface area contributed by atoms with Crippen LogP contribution in [-0.2, 0) is 0 Å². The monoisotopic (exact) mass is 812 g/mol. The molecule has 0 aliphatic rings. The molecule has 300 valence electrons. The number of benzene rings is 6. The first-order valence-corrected chi connectivity index (χ1v) is 20.8. The predicted molar refractivity (Wildman–Crippen MR) is 255 cm³/mol.